The quantitative estimate of drug-likeness (QED) is 0.415. The van der Waals surface area contributed by atoms with E-state index in [0.29, 0.717) is 0 Å². The van der Waals surface area contributed by atoms with Crippen LogP contribution in [0.25, 0.3) is 0 Å². The monoisotopic (exact) mass is 388 g/mol. The van der Waals surface area contributed by atoms with Gasteiger partial charge < -0.3 is 4.90 Å². The lowest BCUT2D eigenvalue weighted by molar-refractivity contribution is 0.404. The maximum absolute atomic E-state index is 6.06. The largest absolute Gasteiger partial charge is 0.344 e. The first-order valence-corrected chi connectivity index (χ1v) is 10.3. The fraction of sp³-hybridized carbons (Fsp3) is 0.240. The summed E-state index contributed by atoms with van der Waals surface area (Å²) in [6.07, 6.45) is 2.26. The molecule has 0 aromatic heterocycles. The van der Waals surface area contributed by atoms with Gasteiger partial charge in [0.1, 0.15) is 0 Å². The van der Waals surface area contributed by atoms with Gasteiger partial charge in [-0.2, -0.15) is 0 Å². The number of rotatable bonds is 7. The van der Waals surface area contributed by atoms with Crippen molar-refractivity contribution in [3.63, 3.8) is 0 Å². The Morgan fingerprint density at radius 2 is 1.36 bits per heavy atom. The van der Waals surface area contributed by atoms with Gasteiger partial charge in [-0.1, -0.05) is 79.6 Å². The van der Waals surface area contributed by atoms with Gasteiger partial charge in [-0.05, 0) is 55.4 Å². The summed E-state index contributed by atoms with van der Waals surface area (Å²) in [4.78, 5) is 4.51. The van der Waals surface area contributed by atoms with Crippen LogP contribution in [0.3, 0.4) is 0 Å². The van der Waals surface area contributed by atoms with E-state index in [2.05, 4.69) is 103 Å². The van der Waals surface area contributed by atoms with Crippen molar-refractivity contribution in [2.45, 2.75) is 33.2 Å². The molecule has 0 saturated carbocycles. The predicted molar refractivity (Wildman–Crippen MR) is 124 cm³/mol. The number of hydrogen-bond acceptors (Lipinski definition) is 1. The summed E-state index contributed by atoms with van der Waals surface area (Å²) >= 11 is 6.06. The molecule has 0 atom stereocenters. The molecule has 28 heavy (non-hydrogen) atoms. The van der Waals surface area contributed by atoms with Gasteiger partial charge in [0.05, 0.1) is 0 Å². The first-order chi connectivity index (χ1) is 13.7. The van der Waals surface area contributed by atoms with Gasteiger partial charge in [-0.3, -0.25) is 4.90 Å². The zero-order valence-corrected chi connectivity index (χ0v) is 17.5. The second-order valence-electron chi connectivity index (χ2n) is 7.05. The summed E-state index contributed by atoms with van der Waals surface area (Å²) in [5.74, 6) is 0. The molecule has 0 bridgehead atoms. The van der Waals surface area contributed by atoms with Crippen LogP contribution in [0.15, 0.2) is 84.9 Å². The minimum atomic E-state index is 0.814. The Morgan fingerprint density at radius 3 is 1.96 bits per heavy atom. The number of hydrogen-bond donors (Lipinski definition) is 0. The molecule has 3 aromatic carbocycles. The van der Waals surface area contributed by atoms with Crippen LogP contribution in [0, 0.1) is 6.92 Å². The number of thiocarbonyl (C=S) groups is 1. The highest BCUT2D eigenvalue weighted by Crippen LogP contribution is 2.28. The standard InChI is InChI=1S/C25H28N2S/c1-3-4-19-26(20-22-11-7-5-8-12-22)25(28)27(23-13-9-6-10-14-23)24-17-15-21(2)16-18-24/h5-18H,3-4,19-20H2,1-2H3. The van der Waals surface area contributed by atoms with Gasteiger partial charge in [-0.15, -0.1) is 0 Å². The first-order valence-electron chi connectivity index (χ1n) is 9.93. The number of nitrogens with zero attached hydrogens (tertiary/aromatic N) is 2. The molecule has 3 rings (SSSR count). The third-order valence-electron chi connectivity index (χ3n) is 4.77. The number of para-hydroxylation sites is 1. The van der Waals surface area contributed by atoms with Crippen LogP contribution in [0.1, 0.15) is 30.9 Å². The molecule has 3 heteroatoms. The molecule has 0 radical (unpaired) electrons. The van der Waals surface area contributed by atoms with Crippen LogP contribution in [-0.4, -0.2) is 16.6 Å². The fourth-order valence-corrected chi connectivity index (χ4v) is 3.54. The summed E-state index contributed by atoms with van der Waals surface area (Å²) in [6, 6.07) is 29.5. The molecular weight excluding hydrogens is 360 g/mol. The average Bonchev–Trinajstić information content (AvgIpc) is 2.74. The van der Waals surface area contributed by atoms with Crippen molar-refractivity contribution in [3.05, 3.63) is 96.1 Å². The van der Waals surface area contributed by atoms with Crippen molar-refractivity contribution >= 4 is 28.7 Å². The number of benzene rings is 3. The van der Waals surface area contributed by atoms with E-state index in [1.54, 1.807) is 0 Å². The Morgan fingerprint density at radius 1 is 0.786 bits per heavy atom. The molecule has 0 unspecified atom stereocenters. The van der Waals surface area contributed by atoms with Crippen molar-refractivity contribution in [2.75, 3.05) is 11.4 Å². The average molecular weight is 389 g/mol. The normalized spacial score (nSPS) is 10.5. The van der Waals surface area contributed by atoms with Gasteiger partial charge in [0.2, 0.25) is 0 Å². The van der Waals surface area contributed by atoms with E-state index in [1.165, 1.54) is 11.1 Å². The molecule has 0 heterocycles. The molecule has 0 aliphatic rings. The Balaban J connectivity index is 1.95. The van der Waals surface area contributed by atoms with Crippen LogP contribution in [-0.2, 0) is 6.54 Å². The van der Waals surface area contributed by atoms with Gasteiger partial charge in [-0.25, -0.2) is 0 Å². The molecule has 0 saturated heterocycles. The molecular formula is C25H28N2S. The lowest BCUT2D eigenvalue weighted by atomic mass is 10.2. The maximum atomic E-state index is 6.06. The van der Waals surface area contributed by atoms with E-state index in [1.807, 2.05) is 6.07 Å². The Labute approximate surface area is 174 Å². The van der Waals surface area contributed by atoms with Crippen LogP contribution in [0.4, 0.5) is 11.4 Å². The number of unbranched alkanes of at least 4 members (excludes halogenated alkanes) is 1. The van der Waals surface area contributed by atoms with Crippen molar-refractivity contribution in [1.29, 1.82) is 0 Å². The summed E-state index contributed by atoms with van der Waals surface area (Å²) in [5, 5.41) is 0.840. The van der Waals surface area contributed by atoms with Crippen molar-refractivity contribution in [2.24, 2.45) is 0 Å². The highest BCUT2D eigenvalue weighted by Gasteiger charge is 2.20. The van der Waals surface area contributed by atoms with E-state index in [0.717, 1.165) is 42.4 Å². The summed E-state index contributed by atoms with van der Waals surface area (Å²) in [7, 11) is 0. The predicted octanol–water partition coefficient (Wildman–Crippen LogP) is 6.72. The van der Waals surface area contributed by atoms with Gasteiger partial charge >= 0.3 is 0 Å². The third-order valence-corrected chi connectivity index (χ3v) is 5.21. The van der Waals surface area contributed by atoms with E-state index < -0.39 is 0 Å². The molecule has 2 nitrogen and oxygen atoms in total. The number of anilines is 2. The summed E-state index contributed by atoms with van der Waals surface area (Å²) < 4.78 is 0. The van der Waals surface area contributed by atoms with E-state index in [9.17, 15) is 0 Å². The van der Waals surface area contributed by atoms with E-state index >= 15 is 0 Å². The van der Waals surface area contributed by atoms with Crippen LogP contribution < -0.4 is 4.90 Å². The van der Waals surface area contributed by atoms with Gasteiger partial charge in [0.25, 0.3) is 0 Å². The minimum Gasteiger partial charge on any atom is -0.344 e. The Bertz CT molecular complexity index is 860. The zero-order chi connectivity index (χ0) is 19.8. The smallest absolute Gasteiger partial charge is 0.181 e. The molecule has 0 spiro atoms. The summed E-state index contributed by atoms with van der Waals surface area (Å²) in [5.41, 5.74) is 4.70. The maximum Gasteiger partial charge on any atom is 0.181 e. The molecule has 3 aromatic rings. The molecule has 0 aliphatic carbocycles. The lowest BCUT2D eigenvalue weighted by Crippen LogP contribution is -2.40. The number of aryl methyl sites for hydroxylation is 1. The zero-order valence-electron chi connectivity index (χ0n) is 16.7. The van der Waals surface area contributed by atoms with Crippen LogP contribution in [0.5, 0.6) is 0 Å². The highest BCUT2D eigenvalue weighted by molar-refractivity contribution is 7.80. The highest BCUT2D eigenvalue weighted by atomic mass is 32.1. The van der Waals surface area contributed by atoms with Crippen molar-refractivity contribution in [3.8, 4) is 0 Å². The van der Waals surface area contributed by atoms with Gasteiger partial charge in [0.15, 0.2) is 5.11 Å². The molecule has 0 amide bonds. The minimum absolute atomic E-state index is 0.814. The third kappa shape index (κ3) is 5.20. The van der Waals surface area contributed by atoms with Crippen LogP contribution >= 0.6 is 12.2 Å². The summed E-state index contributed by atoms with van der Waals surface area (Å²) in [6.45, 7) is 6.09. The molecule has 0 fully saturated rings. The Hall–Kier alpha value is -2.65. The van der Waals surface area contributed by atoms with E-state index in [-0.39, 0.29) is 0 Å². The fourth-order valence-electron chi connectivity index (χ4n) is 3.18. The van der Waals surface area contributed by atoms with Crippen molar-refractivity contribution in [1.82, 2.24) is 4.90 Å². The molecule has 0 N–H and O–H groups in total. The Kier molecular flexibility index (Phi) is 7.21. The topological polar surface area (TPSA) is 6.48 Å². The second-order valence-corrected chi connectivity index (χ2v) is 7.41. The van der Waals surface area contributed by atoms with Crippen LogP contribution in [0.2, 0.25) is 0 Å². The molecule has 144 valence electrons. The second kappa shape index (κ2) is 10.0. The van der Waals surface area contributed by atoms with E-state index in [4.69, 9.17) is 12.2 Å². The van der Waals surface area contributed by atoms with Gasteiger partial charge in [0, 0.05) is 24.5 Å². The first kappa shape index (κ1) is 20.1. The van der Waals surface area contributed by atoms with Crippen molar-refractivity contribution < 1.29 is 0 Å². The SMILES string of the molecule is CCCCN(Cc1ccccc1)C(=S)N(c1ccccc1)c1ccc(C)cc1. The molecule has 0 aliphatic heterocycles. The lowest BCUT2D eigenvalue weighted by Gasteiger charge is -2.34.